The Bertz CT molecular complexity index is 1220. The maximum absolute atomic E-state index is 13.2. The van der Waals surface area contributed by atoms with Gasteiger partial charge in [0.05, 0.1) is 16.1 Å². The van der Waals surface area contributed by atoms with Gasteiger partial charge >= 0.3 is 0 Å². The van der Waals surface area contributed by atoms with Crippen LogP contribution >= 0.6 is 34.2 Å². The first-order valence-electron chi connectivity index (χ1n) is 9.05. The van der Waals surface area contributed by atoms with Crippen molar-refractivity contribution in [3.05, 3.63) is 102 Å². The molecule has 0 spiro atoms. The Morgan fingerprint density at radius 1 is 1.13 bits per heavy atom. The summed E-state index contributed by atoms with van der Waals surface area (Å²) in [5.41, 5.74) is 4.27. The normalized spacial score (nSPS) is 15.1. The first kappa shape index (κ1) is 21.1. The predicted octanol–water partition coefficient (Wildman–Crippen LogP) is 4.76. The molecule has 0 aromatic heterocycles. The molecule has 0 fully saturated rings. The monoisotopic (exact) mass is 548 g/mol. The van der Waals surface area contributed by atoms with Crippen molar-refractivity contribution in [3.63, 3.8) is 0 Å². The maximum atomic E-state index is 13.2. The molecule has 156 valence electrons. The van der Waals surface area contributed by atoms with E-state index in [9.17, 15) is 19.7 Å². The molecule has 3 aromatic carbocycles. The third-order valence-corrected chi connectivity index (χ3v) is 5.99. The van der Waals surface area contributed by atoms with E-state index in [4.69, 9.17) is 11.6 Å². The number of nitrogens with one attached hydrogen (secondary N) is 2. The number of rotatable bonds is 4. The minimum atomic E-state index is -0.828. The van der Waals surface area contributed by atoms with Crippen LogP contribution in [0, 0.1) is 13.7 Å². The van der Waals surface area contributed by atoms with Crippen LogP contribution in [0.2, 0.25) is 5.02 Å². The van der Waals surface area contributed by atoms with Gasteiger partial charge in [0.25, 0.3) is 17.5 Å². The van der Waals surface area contributed by atoms with E-state index >= 15 is 0 Å². The van der Waals surface area contributed by atoms with Crippen molar-refractivity contribution in [2.75, 3.05) is 5.32 Å². The highest BCUT2D eigenvalue weighted by atomic mass is 127. The fourth-order valence-corrected chi connectivity index (χ4v) is 4.15. The van der Waals surface area contributed by atoms with E-state index in [1.54, 1.807) is 42.5 Å². The minimum Gasteiger partial charge on any atom is -0.359 e. The predicted molar refractivity (Wildman–Crippen MR) is 124 cm³/mol. The molecule has 0 saturated heterocycles. The molecule has 0 aliphatic carbocycles. The first-order chi connectivity index (χ1) is 14.9. The largest absolute Gasteiger partial charge is 0.359 e. The SMILES string of the molecule is O=C(NN1C(=O)c2ccccc2N[C@H]1c1ccc([N+](=O)[O-])c(Cl)c1)c1ccccc1I. The third kappa shape index (κ3) is 4.06. The van der Waals surface area contributed by atoms with E-state index in [-0.39, 0.29) is 10.7 Å². The van der Waals surface area contributed by atoms with Gasteiger partial charge in [0.1, 0.15) is 11.2 Å². The molecule has 4 rings (SSSR count). The topological polar surface area (TPSA) is 105 Å². The second kappa shape index (κ2) is 8.52. The van der Waals surface area contributed by atoms with Crippen molar-refractivity contribution in [1.82, 2.24) is 10.4 Å². The molecule has 1 aliphatic heterocycles. The van der Waals surface area contributed by atoms with Gasteiger partial charge in [0.2, 0.25) is 0 Å². The lowest BCUT2D eigenvalue weighted by molar-refractivity contribution is -0.384. The number of anilines is 1. The van der Waals surface area contributed by atoms with E-state index in [1.807, 2.05) is 28.7 Å². The number of amides is 2. The molecule has 10 heteroatoms. The van der Waals surface area contributed by atoms with E-state index in [0.29, 0.717) is 22.4 Å². The molecule has 8 nitrogen and oxygen atoms in total. The van der Waals surface area contributed by atoms with Gasteiger partial charge in [0.15, 0.2) is 0 Å². The van der Waals surface area contributed by atoms with Gasteiger partial charge in [-0.2, -0.15) is 0 Å². The molecule has 1 heterocycles. The van der Waals surface area contributed by atoms with E-state index in [0.717, 1.165) is 3.57 Å². The number of carbonyl (C=O) groups is 2. The van der Waals surface area contributed by atoms with Gasteiger partial charge in [-0.05, 0) is 64.6 Å². The smallest absolute Gasteiger partial charge is 0.287 e. The van der Waals surface area contributed by atoms with Crippen LogP contribution < -0.4 is 10.7 Å². The Labute approximate surface area is 195 Å². The molecule has 3 aromatic rings. The number of hydrazine groups is 1. The fraction of sp³-hybridized carbons (Fsp3) is 0.0476. The fourth-order valence-electron chi connectivity index (χ4n) is 3.26. The van der Waals surface area contributed by atoms with Crippen LogP contribution in [0.1, 0.15) is 32.4 Å². The van der Waals surface area contributed by atoms with Crippen LogP contribution in [0.4, 0.5) is 11.4 Å². The summed E-state index contributed by atoms with van der Waals surface area (Å²) in [5, 5.41) is 15.4. The van der Waals surface area contributed by atoms with Gasteiger partial charge in [0, 0.05) is 15.3 Å². The molecule has 31 heavy (non-hydrogen) atoms. The second-order valence-electron chi connectivity index (χ2n) is 6.66. The Morgan fingerprint density at radius 2 is 1.84 bits per heavy atom. The Kier molecular flexibility index (Phi) is 5.79. The highest BCUT2D eigenvalue weighted by Crippen LogP contribution is 2.35. The van der Waals surface area contributed by atoms with Gasteiger partial charge in [-0.15, -0.1) is 0 Å². The summed E-state index contributed by atoms with van der Waals surface area (Å²) >= 11 is 8.13. The van der Waals surface area contributed by atoms with Crippen molar-refractivity contribution in [2.45, 2.75) is 6.17 Å². The van der Waals surface area contributed by atoms with Crippen LogP contribution in [0.15, 0.2) is 66.7 Å². The maximum Gasteiger partial charge on any atom is 0.287 e. The lowest BCUT2D eigenvalue weighted by Crippen LogP contribution is -2.53. The van der Waals surface area contributed by atoms with Gasteiger partial charge in [-0.3, -0.25) is 25.1 Å². The molecular weight excluding hydrogens is 535 g/mol. The molecule has 0 saturated carbocycles. The van der Waals surface area contributed by atoms with E-state index in [1.165, 1.54) is 23.2 Å². The number of nitro benzene ring substituents is 1. The zero-order valence-electron chi connectivity index (χ0n) is 15.7. The lowest BCUT2D eigenvalue weighted by Gasteiger charge is -2.37. The van der Waals surface area contributed by atoms with Crippen LogP contribution in [-0.4, -0.2) is 21.7 Å². The molecule has 0 bridgehead atoms. The minimum absolute atomic E-state index is 0.0699. The van der Waals surface area contributed by atoms with Crippen molar-refractivity contribution in [2.24, 2.45) is 0 Å². The number of carbonyl (C=O) groups excluding carboxylic acids is 2. The van der Waals surface area contributed by atoms with Gasteiger partial charge in [-0.1, -0.05) is 35.9 Å². The number of nitro groups is 1. The molecular formula is C21H14ClIN4O4. The Morgan fingerprint density at radius 3 is 2.55 bits per heavy atom. The molecule has 2 amide bonds. The summed E-state index contributed by atoms with van der Waals surface area (Å²) in [6, 6.07) is 18.0. The number of nitrogens with zero attached hydrogens (tertiary/aromatic N) is 2. The van der Waals surface area contributed by atoms with Crippen molar-refractivity contribution >= 4 is 57.4 Å². The van der Waals surface area contributed by atoms with E-state index in [2.05, 4.69) is 10.7 Å². The number of para-hydroxylation sites is 1. The van der Waals surface area contributed by atoms with Crippen molar-refractivity contribution in [1.29, 1.82) is 0 Å². The summed E-state index contributed by atoms with van der Waals surface area (Å²) < 4.78 is 0.727. The summed E-state index contributed by atoms with van der Waals surface area (Å²) in [4.78, 5) is 36.7. The summed E-state index contributed by atoms with van der Waals surface area (Å²) in [6.07, 6.45) is -0.828. The van der Waals surface area contributed by atoms with Crippen LogP contribution in [0.25, 0.3) is 0 Å². The lowest BCUT2D eigenvalue weighted by atomic mass is 10.0. The number of hydrogen-bond acceptors (Lipinski definition) is 5. The molecule has 0 radical (unpaired) electrons. The average molecular weight is 549 g/mol. The molecule has 1 atom stereocenters. The summed E-state index contributed by atoms with van der Waals surface area (Å²) in [5.74, 6) is -0.884. The van der Waals surface area contributed by atoms with Gasteiger partial charge < -0.3 is 5.32 Å². The second-order valence-corrected chi connectivity index (χ2v) is 8.23. The van der Waals surface area contributed by atoms with Crippen LogP contribution in [0.3, 0.4) is 0 Å². The van der Waals surface area contributed by atoms with Crippen LogP contribution in [0.5, 0.6) is 0 Å². The summed E-state index contributed by atoms with van der Waals surface area (Å²) in [7, 11) is 0. The first-order valence-corrected chi connectivity index (χ1v) is 10.5. The highest BCUT2D eigenvalue weighted by molar-refractivity contribution is 14.1. The average Bonchev–Trinajstić information content (AvgIpc) is 2.75. The van der Waals surface area contributed by atoms with Gasteiger partial charge in [-0.25, -0.2) is 5.01 Å². The standard InChI is InChI=1S/C21H14ClIN4O4/c22-15-11-12(9-10-18(15)27(30)31)19-24-17-8-4-2-6-14(17)21(29)26(19)25-20(28)13-5-1-3-7-16(13)23/h1-11,19,24H,(H,25,28)/t19-/m1/s1. The van der Waals surface area contributed by atoms with E-state index < -0.39 is 22.9 Å². The molecule has 0 unspecified atom stereocenters. The highest BCUT2D eigenvalue weighted by Gasteiger charge is 2.35. The molecule has 1 aliphatic rings. The van der Waals surface area contributed by atoms with Crippen molar-refractivity contribution < 1.29 is 14.5 Å². The zero-order chi connectivity index (χ0) is 22.1. The van der Waals surface area contributed by atoms with Crippen LogP contribution in [-0.2, 0) is 0 Å². The summed E-state index contributed by atoms with van der Waals surface area (Å²) in [6.45, 7) is 0. The molecule has 2 N–H and O–H groups in total. The number of hydrogen-bond donors (Lipinski definition) is 2. The number of benzene rings is 3. The third-order valence-electron chi connectivity index (χ3n) is 4.75. The van der Waals surface area contributed by atoms with Crippen molar-refractivity contribution in [3.8, 4) is 0 Å². The number of fused-ring (bicyclic) bond motifs is 1. The number of halogens is 2. The zero-order valence-corrected chi connectivity index (χ0v) is 18.6. The Balaban J connectivity index is 1.75. The Hall–Kier alpha value is -3.18. The quantitative estimate of drug-likeness (QED) is 0.278.